The van der Waals surface area contributed by atoms with Gasteiger partial charge in [0, 0.05) is 6.20 Å². The summed E-state index contributed by atoms with van der Waals surface area (Å²) in [5, 5.41) is 8.74. The third-order valence-corrected chi connectivity index (χ3v) is 1.86. The quantitative estimate of drug-likeness (QED) is 0.834. The fraction of sp³-hybridized carbons (Fsp3) is 0.222. The molecule has 1 heterocycles. The van der Waals surface area contributed by atoms with E-state index in [1.807, 2.05) is 0 Å². The van der Waals surface area contributed by atoms with Crippen molar-refractivity contribution in [2.24, 2.45) is 5.73 Å². The molecule has 16 heavy (non-hydrogen) atoms. The van der Waals surface area contributed by atoms with Gasteiger partial charge in [0.25, 0.3) is 12.3 Å². The van der Waals surface area contributed by atoms with Crippen LogP contribution in [0.1, 0.15) is 27.9 Å². The Morgan fingerprint density at radius 3 is 2.69 bits per heavy atom. The highest BCUT2D eigenvalue weighted by Gasteiger charge is 2.24. The number of hydrogen-bond donors (Lipinski definition) is 1. The van der Waals surface area contributed by atoms with Gasteiger partial charge in [-0.05, 0) is 0 Å². The van der Waals surface area contributed by atoms with Crippen molar-refractivity contribution in [3.63, 3.8) is 0 Å². The van der Waals surface area contributed by atoms with Gasteiger partial charge in [0.2, 0.25) is 5.88 Å². The van der Waals surface area contributed by atoms with Crippen LogP contribution in [0, 0.1) is 11.3 Å². The smallest absolute Gasteiger partial charge is 0.266 e. The first-order valence-electron chi connectivity index (χ1n) is 4.07. The monoisotopic (exact) mass is 227 g/mol. The lowest BCUT2D eigenvalue weighted by Gasteiger charge is -2.09. The van der Waals surface area contributed by atoms with Gasteiger partial charge in [-0.1, -0.05) is 0 Å². The predicted octanol–water partition coefficient (Wildman–Crippen LogP) is 0.998. The number of carbonyl (C=O) groups excluding carboxylic acids is 1. The van der Waals surface area contributed by atoms with Crippen molar-refractivity contribution in [3.05, 3.63) is 22.9 Å². The summed E-state index contributed by atoms with van der Waals surface area (Å²) in [5.41, 5.74) is 3.41. The Bertz CT molecular complexity index is 469. The minimum atomic E-state index is -2.91. The Morgan fingerprint density at radius 1 is 1.69 bits per heavy atom. The first-order chi connectivity index (χ1) is 7.52. The SMILES string of the molecule is COc1ncc(C(F)F)c(C#N)c1C(N)=O. The second-order valence-corrected chi connectivity index (χ2v) is 2.75. The third kappa shape index (κ3) is 1.91. The van der Waals surface area contributed by atoms with Crippen molar-refractivity contribution in [3.8, 4) is 11.9 Å². The molecule has 0 fully saturated rings. The molecular weight excluding hydrogens is 220 g/mol. The van der Waals surface area contributed by atoms with Gasteiger partial charge < -0.3 is 10.5 Å². The normalized spacial score (nSPS) is 9.94. The Balaban J connectivity index is 3.58. The van der Waals surface area contributed by atoms with E-state index in [0.717, 1.165) is 6.20 Å². The summed E-state index contributed by atoms with van der Waals surface area (Å²) in [6.45, 7) is 0. The predicted molar refractivity (Wildman–Crippen MR) is 49.0 cm³/mol. The maximum Gasteiger partial charge on any atom is 0.266 e. The molecule has 7 heteroatoms. The van der Waals surface area contributed by atoms with Crippen molar-refractivity contribution in [1.29, 1.82) is 5.26 Å². The number of pyridine rings is 1. The molecule has 0 aliphatic carbocycles. The topological polar surface area (TPSA) is 89.0 Å². The molecule has 84 valence electrons. The first-order valence-corrected chi connectivity index (χ1v) is 4.07. The van der Waals surface area contributed by atoms with E-state index in [4.69, 9.17) is 11.0 Å². The molecule has 1 aromatic heterocycles. The van der Waals surface area contributed by atoms with E-state index in [1.165, 1.54) is 13.2 Å². The van der Waals surface area contributed by atoms with E-state index in [2.05, 4.69) is 9.72 Å². The van der Waals surface area contributed by atoms with Crippen LogP contribution >= 0.6 is 0 Å². The summed E-state index contributed by atoms with van der Waals surface area (Å²) in [5.74, 6) is -1.28. The van der Waals surface area contributed by atoms with Crippen LogP contribution in [0.2, 0.25) is 0 Å². The number of alkyl halides is 2. The van der Waals surface area contributed by atoms with Crippen LogP contribution in [0.25, 0.3) is 0 Å². The fourth-order valence-corrected chi connectivity index (χ4v) is 1.18. The number of nitriles is 1. The maximum absolute atomic E-state index is 12.5. The Morgan fingerprint density at radius 2 is 2.31 bits per heavy atom. The summed E-state index contributed by atoms with van der Waals surface area (Å²) in [6.07, 6.45) is -2.12. The lowest BCUT2D eigenvalue weighted by atomic mass is 10.0. The average Bonchev–Trinajstić information content (AvgIpc) is 2.26. The molecule has 1 rings (SSSR count). The van der Waals surface area contributed by atoms with Crippen LogP contribution in [-0.2, 0) is 0 Å². The van der Waals surface area contributed by atoms with Gasteiger partial charge in [-0.2, -0.15) is 5.26 Å². The van der Waals surface area contributed by atoms with Gasteiger partial charge in [0.15, 0.2) is 0 Å². The second-order valence-electron chi connectivity index (χ2n) is 2.75. The molecule has 1 amide bonds. The van der Waals surface area contributed by atoms with Crippen LogP contribution in [0.5, 0.6) is 5.88 Å². The van der Waals surface area contributed by atoms with Crippen molar-refractivity contribution in [1.82, 2.24) is 4.98 Å². The Hall–Kier alpha value is -2.23. The van der Waals surface area contributed by atoms with Crippen molar-refractivity contribution in [2.75, 3.05) is 7.11 Å². The van der Waals surface area contributed by atoms with Crippen LogP contribution in [0.4, 0.5) is 8.78 Å². The lowest BCUT2D eigenvalue weighted by molar-refractivity contribution is 0.0995. The van der Waals surface area contributed by atoms with Crippen molar-refractivity contribution >= 4 is 5.91 Å². The molecule has 0 saturated carbocycles. The zero-order chi connectivity index (χ0) is 12.3. The van der Waals surface area contributed by atoms with Crippen LogP contribution in [0.3, 0.4) is 0 Å². The molecule has 0 bridgehead atoms. The van der Waals surface area contributed by atoms with Gasteiger partial charge in [0.05, 0.1) is 18.2 Å². The van der Waals surface area contributed by atoms with Crippen LogP contribution in [0.15, 0.2) is 6.20 Å². The number of amides is 1. The molecule has 0 aliphatic heterocycles. The van der Waals surface area contributed by atoms with E-state index >= 15 is 0 Å². The maximum atomic E-state index is 12.5. The Labute approximate surface area is 89.4 Å². The number of halogens is 2. The average molecular weight is 227 g/mol. The number of primary amides is 1. The second kappa shape index (κ2) is 4.53. The van der Waals surface area contributed by atoms with Crippen LogP contribution in [-0.4, -0.2) is 18.0 Å². The molecule has 0 aliphatic rings. The lowest BCUT2D eigenvalue weighted by Crippen LogP contribution is -2.16. The summed E-state index contributed by atoms with van der Waals surface area (Å²) in [7, 11) is 1.19. The molecule has 0 saturated heterocycles. The van der Waals surface area contributed by atoms with E-state index < -0.39 is 29.0 Å². The highest BCUT2D eigenvalue weighted by atomic mass is 19.3. The number of nitrogens with two attached hydrogens (primary N) is 1. The number of nitrogens with zero attached hydrogens (tertiary/aromatic N) is 2. The first kappa shape index (κ1) is 11.8. The zero-order valence-corrected chi connectivity index (χ0v) is 8.20. The van der Waals surface area contributed by atoms with Gasteiger partial charge in [-0.15, -0.1) is 0 Å². The van der Waals surface area contributed by atoms with Gasteiger partial charge in [-0.3, -0.25) is 4.79 Å². The number of aromatic nitrogens is 1. The van der Waals surface area contributed by atoms with Gasteiger partial charge in [-0.25, -0.2) is 13.8 Å². The number of rotatable bonds is 3. The molecule has 2 N–H and O–H groups in total. The van der Waals surface area contributed by atoms with Crippen molar-refractivity contribution < 1.29 is 18.3 Å². The summed E-state index contributed by atoms with van der Waals surface area (Å²) in [4.78, 5) is 14.5. The fourth-order valence-electron chi connectivity index (χ4n) is 1.18. The molecule has 0 unspecified atom stereocenters. The molecule has 0 atom stereocenters. The molecule has 0 spiro atoms. The molecule has 1 aromatic rings. The van der Waals surface area contributed by atoms with Gasteiger partial charge >= 0.3 is 0 Å². The highest BCUT2D eigenvalue weighted by molar-refractivity contribution is 5.98. The Kier molecular flexibility index (Phi) is 3.35. The largest absolute Gasteiger partial charge is 0.480 e. The summed E-state index contributed by atoms with van der Waals surface area (Å²) >= 11 is 0. The van der Waals surface area contributed by atoms with Crippen molar-refractivity contribution in [2.45, 2.75) is 6.43 Å². The highest BCUT2D eigenvalue weighted by Crippen LogP contribution is 2.28. The van der Waals surface area contributed by atoms with E-state index in [0.29, 0.717) is 0 Å². The van der Waals surface area contributed by atoms with E-state index in [9.17, 15) is 13.6 Å². The molecule has 0 aromatic carbocycles. The third-order valence-electron chi connectivity index (χ3n) is 1.86. The molecule has 0 radical (unpaired) electrons. The van der Waals surface area contributed by atoms with E-state index in [-0.39, 0.29) is 5.88 Å². The minimum absolute atomic E-state index is 0.242. The standard InChI is InChI=1S/C9H7F2N3O2/c1-16-9-6(8(13)15)4(2-12)5(3-14-9)7(10)11/h3,7H,1H3,(H2,13,15). The number of carbonyl (C=O) groups is 1. The zero-order valence-electron chi connectivity index (χ0n) is 8.20. The number of methoxy groups -OCH3 is 1. The summed E-state index contributed by atoms with van der Waals surface area (Å²) in [6, 6.07) is 1.50. The van der Waals surface area contributed by atoms with Gasteiger partial charge in [0.1, 0.15) is 11.6 Å². The molecule has 5 nitrogen and oxygen atoms in total. The minimum Gasteiger partial charge on any atom is -0.480 e. The molecular formula is C9H7F2N3O2. The number of hydrogen-bond acceptors (Lipinski definition) is 4. The summed E-state index contributed by atoms with van der Waals surface area (Å²) < 4.78 is 29.7. The van der Waals surface area contributed by atoms with Crippen LogP contribution < -0.4 is 10.5 Å². The number of ether oxygens (including phenoxy) is 1. The van der Waals surface area contributed by atoms with E-state index in [1.54, 1.807) is 0 Å².